The Kier molecular flexibility index (Phi) is 4.67. The maximum atomic E-state index is 12.5. The Bertz CT molecular complexity index is 565. The molecule has 0 saturated carbocycles. The molecule has 1 unspecified atom stereocenters. The summed E-state index contributed by atoms with van der Waals surface area (Å²) in [7, 11) is -0.313. The molecule has 1 aliphatic rings. The first-order chi connectivity index (χ1) is 9.45. The van der Waals surface area contributed by atoms with Crippen LogP contribution in [0.2, 0.25) is 0 Å². The fraction of sp³-hybridized carbons (Fsp3) is 0.571. The highest BCUT2D eigenvalue weighted by Gasteiger charge is 2.26. The standard InChI is InChI=1S/C14H21NO4S/c1-11-9-13(6-7-14(11)18-3)20(16,17)15(2)10-12-5-4-8-19-12/h6-7,9,12H,4-5,8,10H2,1-3H3. The van der Waals surface area contributed by atoms with Gasteiger partial charge >= 0.3 is 0 Å². The highest BCUT2D eigenvalue weighted by atomic mass is 32.2. The van der Waals surface area contributed by atoms with Crippen molar-refractivity contribution in [2.24, 2.45) is 0 Å². The van der Waals surface area contributed by atoms with Gasteiger partial charge in [0.05, 0.1) is 18.1 Å². The molecule has 1 aliphatic heterocycles. The van der Waals surface area contributed by atoms with Crippen LogP contribution in [0.5, 0.6) is 5.75 Å². The van der Waals surface area contributed by atoms with Crippen LogP contribution in [0.15, 0.2) is 23.1 Å². The first kappa shape index (κ1) is 15.3. The van der Waals surface area contributed by atoms with Crippen molar-refractivity contribution in [3.63, 3.8) is 0 Å². The molecule has 20 heavy (non-hydrogen) atoms. The van der Waals surface area contributed by atoms with E-state index in [1.165, 1.54) is 4.31 Å². The van der Waals surface area contributed by atoms with Gasteiger partial charge in [-0.3, -0.25) is 0 Å². The van der Waals surface area contributed by atoms with Crippen LogP contribution in [-0.2, 0) is 14.8 Å². The van der Waals surface area contributed by atoms with Crippen molar-refractivity contribution in [2.75, 3.05) is 27.3 Å². The Balaban J connectivity index is 2.18. The number of rotatable bonds is 5. The summed E-state index contributed by atoms with van der Waals surface area (Å²) >= 11 is 0. The van der Waals surface area contributed by atoms with Crippen LogP contribution in [-0.4, -0.2) is 46.1 Å². The van der Waals surface area contributed by atoms with Gasteiger partial charge in [0.15, 0.2) is 0 Å². The van der Waals surface area contributed by atoms with Gasteiger partial charge in [-0.2, -0.15) is 4.31 Å². The Morgan fingerprint density at radius 1 is 1.45 bits per heavy atom. The third-order valence-corrected chi connectivity index (χ3v) is 5.38. The summed E-state index contributed by atoms with van der Waals surface area (Å²) in [5.41, 5.74) is 0.805. The fourth-order valence-electron chi connectivity index (χ4n) is 2.36. The third-order valence-electron chi connectivity index (χ3n) is 3.56. The molecule has 0 N–H and O–H groups in total. The molecule has 1 saturated heterocycles. The molecular weight excluding hydrogens is 278 g/mol. The number of sulfonamides is 1. The first-order valence-corrected chi connectivity index (χ1v) is 8.11. The average molecular weight is 299 g/mol. The van der Waals surface area contributed by atoms with Crippen LogP contribution in [0.1, 0.15) is 18.4 Å². The van der Waals surface area contributed by atoms with Gasteiger partial charge in [-0.25, -0.2) is 8.42 Å². The van der Waals surface area contributed by atoms with E-state index in [1.807, 2.05) is 6.92 Å². The van der Waals surface area contributed by atoms with E-state index in [-0.39, 0.29) is 11.0 Å². The zero-order chi connectivity index (χ0) is 14.8. The Hall–Kier alpha value is -1.11. The number of likely N-dealkylation sites (N-methyl/N-ethyl adjacent to an activating group) is 1. The van der Waals surface area contributed by atoms with Crippen LogP contribution in [0.4, 0.5) is 0 Å². The van der Waals surface area contributed by atoms with Gasteiger partial charge in [-0.1, -0.05) is 0 Å². The number of methoxy groups -OCH3 is 1. The largest absolute Gasteiger partial charge is 0.496 e. The van der Waals surface area contributed by atoms with E-state index in [1.54, 1.807) is 32.4 Å². The number of hydrogen-bond donors (Lipinski definition) is 0. The van der Waals surface area contributed by atoms with Crippen molar-refractivity contribution in [2.45, 2.75) is 30.8 Å². The van der Waals surface area contributed by atoms with E-state index in [0.29, 0.717) is 12.3 Å². The molecule has 2 rings (SSSR count). The Morgan fingerprint density at radius 2 is 2.20 bits per heavy atom. The summed E-state index contributed by atoms with van der Waals surface area (Å²) in [6, 6.07) is 4.90. The number of hydrogen-bond acceptors (Lipinski definition) is 4. The minimum Gasteiger partial charge on any atom is -0.496 e. The third kappa shape index (κ3) is 3.13. The SMILES string of the molecule is COc1ccc(S(=O)(=O)N(C)CC2CCCO2)cc1C. The van der Waals surface area contributed by atoms with Gasteiger partial charge in [-0.05, 0) is 43.5 Å². The van der Waals surface area contributed by atoms with Crippen molar-refractivity contribution in [1.82, 2.24) is 4.31 Å². The minimum atomic E-state index is -3.48. The van der Waals surface area contributed by atoms with Crippen molar-refractivity contribution in [3.8, 4) is 5.75 Å². The summed E-state index contributed by atoms with van der Waals surface area (Å²) in [5.74, 6) is 0.686. The lowest BCUT2D eigenvalue weighted by Crippen LogP contribution is -2.34. The molecule has 0 spiro atoms. The molecule has 0 bridgehead atoms. The summed E-state index contributed by atoms with van der Waals surface area (Å²) in [4.78, 5) is 0.288. The molecule has 1 aromatic rings. The fourth-order valence-corrected chi connectivity index (χ4v) is 3.65. The molecule has 1 heterocycles. The van der Waals surface area contributed by atoms with Crippen LogP contribution < -0.4 is 4.74 Å². The normalized spacial score (nSPS) is 19.5. The molecule has 6 heteroatoms. The van der Waals surface area contributed by atoms with E-state index in [0.717, 1.165) is 25.0 Å². The zero-order valence-electron chi connectivity index (χ0n) is 12.1. The predicted octanol–water partition coefficient (Wildman–Crippen LogP) is 1.80. The lowest BCUT2D eigenvalue weighted by molar-refractivity contribution is 0.0979. The molecule has 1 atom stereocenters. The van der Waals surface area contributed by atoms with Crippen molar-refractivity contribution in [3.05, 3.63) is 23.8 Å². The van der Waals surface area contributed by atoms with E-state index in [4.69, 9.17) is 9.47 Å². The number of aryl methyl sites for hydroxylation is 1. The first-order valence-electron chi connectivity index (χ1n) is 6.67. The predicted molar refractivity (Wildman–Crippen MR) is 76.5 cm³/mol. The molecule has 1 aromatic carbocycles. The van der Waals surface area contributed by atoms with Gasteiger partial charge in [0.2, 0.25) is 10.0 Å². The average Bonchev–Trinajstić information content (AvgIpc) is 2.91. The van der Waals surface area contributed by atoms with Crippen molar-refractivity contribution < 1.29 is 17.9 Å². The lowest BCUT2D eigenvalue weighted by atomic mass is 10.2. The Morgan fingerprint density at radius 3 is 2.75 bits per heavy atom. The summed E-state index contributed by atoms with van der Waals surface area (Å²) in [6.07, 6.45) is 1.93. The summed E-state index contributed by atoms with van der Waals surface area (Å²) in [6.45, 7) is 2.95. The monoisotopic (exact) mass is 299 g/mol. The molecule has 0 radical (unpaired) electrons. The van der Waals surface area contributed by atoms with Gasteiger partial charge in [-0.15, -0.1) is 0 Å². The lowest BCUT2D eigenvalue weighted by Gasteiger charge is -2.21. The van der Waals surface area contributed by atoms with Crippen LogP contribution >= 0.6 is 0 Å². The molecule has 1 fully saturated rings. The summed E-state index contributed by atoms with van der Waals surface area (Å²) in [5, 5.41) is 0. The van der Waals surface area contributed by atoms with Crippen LogP contribution in [0, 0.1) is 6.92 Å². The molecule has 0 aromatic heterocycles. The van der Waals surface area contributed by atoms with Gasteiger partial charge in [0.1, 0.15) is 5.75 Å². The topological polar surface area (TPSA) is 55.8 Å². The van der Waals surface area contributed by atoms with Crippen molar-refractivity contribution >= 4 is 10.0 Å². The second kappa shape index (κ2) is 6.11. The van der Waals surface area contributed by atoms with Crippen LogP contribution in [0.25, 0.3) is 0 Å². The van der Waals surface area contributed by atoms with Gasteiger partial charge < -0.3 is 9.47 Å². The zero-order valence-corrected chi connectivity index (χ0v) is 12.9. The minimum absolute atomic E-state index is 0.00844. The van der Waals surface area contributed by atoms with E-state index < -0.39 is 10.0 Å². The quantitative estimate of drug-likeness (QED) is 0.832. The number of nitrogens with zero attached hydrogens (tertiary/aromatic N) is 1. The number of benzene rings is 1. The van der Waals surface area contributed by atoms with Crippen molar-refractivity contribution in [1.29, 1.82) is 0 Å². The maximum absolute atomic E-state index is 12.5. The highest BCUT2D eigenvalue weighted by Crippen LogP contribution is 2.24. The van der Waals surface area contributed by atoms with Crippen LogP contribution in [0.3, 0.4) is 0 Å². The molecule has 5 nitrogen and oxygen atoms in total. The Labute approximate surface area is 120 Å². The molecule has 112 valence electrons. The van der Waals surface area contributed by atoms with E-state index in [9.17, 15) is 8.42 Å². The second-order valence-corrected chi connectivity index (χ2v) is 7.10. The molecule has 0 amide bonds. The summed E-state index contributed by atoms with van der Waals surface area (Å²) < 4.78 is 37.0. The smallest absolute Gasteiger partial charge is 0.242 e. The molecule has 0 aliphatic carbocycles. The van der Waals surface area contributed by atoms with E-state index in [2.05, 4.69) is 0 Å². The molecular formula is C14H21NO4S. The van der Waals surface area contributed by atoms with Gasteiger partial charge in [0, 0.05) is 20.2 Å². The number of ether oxygens (including phenoxy) is 2. The second-order valence-electron chi connectivity index (χ2n) is 5.05. The maximum Gasteiger partial charge on any atom is 0.242 e. The van der Waals surface area contributed by atoms with E-state index >= 15 is 0 Å². The highest BCUT2D eigenvalue weighted by molar-refractivity contribution is 7.89. The van der Waals surface area contributed by atoms with Gasteiger partial charge in [0.25, 0.3) is 0 Å².